The first-order chi connectivity index (χ1) is 9.36. The molecule has 0 fully saturated rings. The number of anilines is 1. The highest BCUT2D eigenvalue weighted by atomic mass is 35.5. The molecule has 104 valence electrons. The number of halogens is 4. The average Bonchev–Trinajstić information content (AvgIpc) is 2.38. The van der Waals surface area contributed by atoms with E-state index < -0.39 is 17.6 Å². The van der Waals surface area contributed by atoms with Crippen LogP contribution in [0.3, 0.4) is 0 Å². The summed E-state index contributed by atoms with van der Waals surface area (Å²) in [6, 6.07) is 11.2. The van der Waals surface area contributed by atoms with E-state index in [4.69, 9.17) is 11.6 Å². The van der Waals surface area contributed by atoms with Gasteiger partial charge in [0.05, 0.1) is 5.56 Å². The van der Waals surface area contributed by atoms with E-state index in [-0.39, 0.29) is 10.6 Å². The Morgan fingerprint density at radius 1 is 1.05 bits per heavy atom. The van der Waals surface area contributed by atoms with Gasteiger partial charge >= 0.3 is 6.18 Å². The summed E-state index contributed by atoms with van der Waals surface area (Å²) in [5, 5.41) is 2.36. The van der Waals surface area contributed by atoms with Gasteiger partial charge < -0.3 is 5.32 Å². The van der Waals surface area contributed by atoms with E-state index in [9.17, 15) is 18.0 Å². The fourth-order valence-electron chi connectivity index (χ4n) is 1.61. The largest absolute Gasteiger partial charge is 0.416 e. The molecule has 1 N–H and O–H groups in total. The molecule has 0 atom stereocenters. The van der Waals surface area contributed by atoms with Gasteiger partial charge in [0.15, 0.2) is 0 Å². The van der Waals surface area contributed by atoms with E-state index in [2.05, 4.69) is 5.32 Å². The van der Waals surface area contributed by atoms with Crippen molar-refractivity contribution in [3.63, 3.8) is 0 Å². The highest BCUT2D eigenvalue weighted by Gasteiger charge is 2.31. The molecule has 0 saturated carbocycles. The molecule has 6 heteroatoms. The molecule has 0 aliphatic rings. The molecule has 2 aromatic carbocycles. The number of alkyl halides is 3. The van der Waals surface area contributed by atoms with Gasteiger partial charge in [-0.05, 0) is 30.3 Å². The van der Waals surface area contributed by atoms with Crippen molar-refractivity contribution in [1.82, 2.24) is 0 Å². The first kappa shape index (κ1) is 14.4. The second-order valence-electron chi connectivity index (χ2n) is 4.05. The number of benzene rings is 2. The normalized spacial score (nSPS) is 11.2. The minimum atomic E-state index is -4.55. The Kier molecular flexibility index (Phi) is 3.99. The summed E-state index contributed by atoms with van der Waals surface area (Å²) < 4.78 is 37.9. The van der Waals surface area contributed by atoms with Crippen LogP contribution in [-0.2, 0) is 6.18 Å². The highest BCUT2D eigenvalue weighted by molar-refractivity contribution is 6.31. The third kappa shape index (κ3) is 3.51. The number of hydrogen-bond donors (Lipinski definition) is 1. The fraction of sp³-hybridized carbons (Fsp3) is 0.0714. The predicted molar refractivity (Wildman–Crippen MR) is 70.8 cm³/mol. The lowest BCUT2D eigenvalue weighted by Crippen LogP contribution is -2.14. The first-order valence-corrected chi connectivity index (χ1v) is 5.98. The van der Waals surface area contributed by atoms with Crippen LogP contribution in [0.2, 0.25) is 5.02 Å². The Hall–Kier alpha value is -2.01. The zero-order valence-electron chi connectivity index (χ0n) is 10.0. The Morgan fingerprint density at radius 3 is 2.30 bits per heavy atom. The SMILES string of the molecule is O=C(Nc1ccccc1)c1cc(Cl)cc(C(F)(F)F)c1. The summed E-state index contributed by atoms with van der Waals surface area (Å²) in [5.74, 6) is -0.649. The summed E-state index contributed by atoms with van der Waals surface area (Å²) in [5.41, 5.74) is -0.608. The quantitative estimate of drug-likeness (QED) is 0.862. The average molecular weight is 300 g/mol. The standard InChI is InChI=1S/C14H9ClF3NO/c15-11-7-9(6-10(8-11)14(16,17)18)13(20)19-12-4-2-1-3-5-12/h1-8H,(H,19,20). The van der Waals surface area contributed by atoms with E-state index in [0.29, 0.717) is 5.69 Å². The molecule has 0 aromatic heterocycles. The van der Waals surface area contributed by atoms with Crippen molar-refractivity contribution in [3.05, 3.63) is 64.7 Å². The van der Waals surface area contributed by atoms with Crippen molar-refractivity contribution >= 4 is 23.2 Å². The molecule has 2 rings (SSSR count). The lowest BCUT2D eigenvalue weighted by atomic mass is 10.1. The van der Waals surface area contributed by atoms with Gasteiger partial charge in [-0.2, -0.15) is 13.2 Å². The van der Waals surface area contributed by atoms with E-state index in [1.807, 2.05) is 0 Å². The second kappa shape index (κ2) is 5.54. The van der Waals surface area contributed by atoms with Crippen LogP contribution < -0.4 is 5.32 Å². The van der Waals surface area contributed by atoms with Crippen LogP contribution in [0.15, 0.2) is 48.5 Å². The van der Waals surface area contributed by atoms with Crippen LogP contribution in [0.1, 0.15) is 15.9 Å². The number of nitrogens with one attached hydrogen (secondary N) is 1. The monoisotopic (exact) mass is 299 g/mol. The van der Waals surface area contributed by atoms with Crippen molar-refractivity contribution in [3.8, 4) is 0 Å². The number of amides is 1. The molecule has 20 heavy (non-hydrogen) atoms. The Morgan fingerprint density at radius 2 is 1.70 bits per heavy atom. The maximum absolute atomic E-state index is 12.6. The zero-order valence-corrected chi connectivity index (χ0v) is 10.8. The first-order valence-electron chi connectivity index (χ1n) is 5.60. The van der Waals surface area contributed by atoms with E-state index in [1.54, 1.807) is 30.3 Å². The molecule has 0 aliphatic carbocycles. The minimum Gasteiger partial charge on any atom is -0.322 e. The lowest BCUT2D eigenvalue weighted by Gasteiger charge is -2.10. The summed E-state index contributed by atoms with van der Waals surface area (Å²) >= 11 is 5.62. The Balaban J connectivity index is 2.29. The van der Waals surface area contributed by atoms with Gasteiger partial charge in [0, 0.05) is 16.3 Å². The maximum Gasteiger partial charge on any atom is 0.416 e. The molecular formula is C14H9ClF3NO. The van der Waals surface area contributed by atoms with E-state index >= 15 is 0 Å². The van der Waals surface area contributed by atoms with Crippen LogP contribution in [0, 0.1) is 0 Å². The summed E-state index contributed by atoms with van der Waals surface area (Å²) in [4.78, 5) is 11.9. The smallest absolute Gasteiger partial charge is 0.322 e. The Bertz CT molecular complexity index is 626. The summed E-state index contributed by atoms with van der Waals surface area (Å²) in [6.45, 7) is 0. The molecule has 0 heterocycles. The van der Waals surface area contributed by atoms with Crippen LogP contribution in [0.5, 0.6) is 0 Å². The molecule has 0 bridgehead atoms. The maximum atomic E-state index is 12.6. The van der Waals surface area contributed by atoms with Gasteiger partial charge in [-0.3, -0.25) is 4.79 Å². The van der Waals surface area contributed by atoms with Gasteiger partial charge in [-0.1, -0.05) is 29.8 Å². The predicted octanol–water partition coefficient (Wildman–Crippen LogP) is 4.61. The fourth-order valence-corrected chi connectivity index (χ4v) is 1.84. The van der Waals surface area contributed by atoms with E-state index in [1.165, 1.54) is 6.07 Å². The van der Waals surface area contributed by atoms with Gasteiger partial charge in [0.1, 0.15) is 0 Å². The topological polar surface area (TPSA) is 29.1 Å². The number of para-hydroxylation sites is 1. The van der Waals surface area contributed by atoms with Crippen molar-refractivity contribution < 1.29 is 18.0 Å². The van der Waals surface area contributed by atoms with Crippen LogP contribution in [0.25, 0.3) is 0 Å². The van der Waals surface area contributed by atoms with Crippen molar-refractivity contribution in [2.24, 2.45) is 0 Å². The molecule has 2 nitrogen and oxygen atoms in total. The minimum absolute atomic E-state index is 0.141. The van der Waals surface area contributed by atoms with Gasteiger partial charge in [-0.15, -0.1) is 0 Å². The van der Waals surface area contributed by atoms with Gasteiger partial charge in [-0.25, -0.2) is 0 Å². The molecular weight excluding hydrogens is 291 g/mol. The lowest BCUT2D eigenvalue weighted by molar-refractivity contribution is -0.137. The zero-order chi connectivity index (χ0) is 14.8. The van der Waals surface area contributed by atoms with Crippen molar-refractivity contribution in [2.75, 3.05) is 5.32 Å². The van der Waals surface area contributed by atoms with E-state index in [0.717, 1.165) is 12.1 Å². The van der Waals surface area contributed by atoms with Crippen LogP contribution in [0.4, 0.5) is 18.9 Å². The number of carbonyl (C=O) groups is 1. The third-order valence-electron chi connectivity index (χ3n) is 2.52. The summed E-state index contributed by atoms with van der Waals surface area (Å²) in [7, 11) is 0. The van der Waals surface area contributed by atoms with Crippen molar-refractivity contribution in [2.45, 2.75) is 6.18 Å². The molecule has 0 unspecified atom stereocenters. The molecule has 0 aliphatic heterocycles. The van der Waals surface area contributed by atoms with Gasteiger partial charge in [0.2, 0.25) is 0 Å². The molecule has 2 aromatic rings. The number of carbonyl (C=O) groups excluding carboxylic acids is 1. The Labute approximate surface area is 118 Å². The number of rotatable bonds is 2. The molecule has 1 amide bonds. The molecule has 0 saturated heterocycles. The molecule has 0 radical (unpaired) electrons. The van der Waals surface area contributed by atoms with Crippen molar-refractivity contribution in [1.29, 1.82) is 0 Å². The second-order valence-corrected chi connectivity index (χ2v) is 4.48. The van der Waals surface area contributed by atoms with Crippen LogP contribution >= 0.6 is 11.6 Å². The third-order valence-corrected chi connectivity index (χ3v) is 2.74. The molecule has 0 spiro atoms. The summed E-state index contributed by atoms with van der Waals surface area (Å²) in [6.07, 6.45) is -4.55. The highest BCUT2D eigenvalue weighted by Crippen LogP contribution is 2.32. The van der Waals surface area contributed by atoms with Crippen LogP contribution in [-0.4, -0.2) is 5.91 Å². The van der Waals surface area contributed by atoms with Gasteiger partial charge in [0.25, 0.3) is 5.91 Å². The number of hydrogen-bond acceptors (Lipinski definition) is 1.